The Bertz CT molecular complexity index is 706. The second-order valence-corrected chi connectivity index (χ2v) is 7.04. The Kier molecular flexibility index (Phi) is 5.63. The van der Waals surface area contributed by atoms with Crippen molar-refractivity contribution in [1.29, 1.82) is 0 Å². The molecule has 130 valence electrons. The highest BCUT2D eigenvalue weighted by atomic mass is 32.1. The van der Waals surface area contributed by atoms with Crippen LogP contribution < -0.4 is 10.2 Å². The normalized spacial score (nSPS) is 18.1. The standard InChI is InChI=1S/C17H22FN3O2S/c1-23-9-3-7-19-16(22)12-4-2-8-21(11-12)17-20-14-6-5-13(18)10-15(14)24-17/h5-6,10,12H,2-4,7-9,11H2,1H3,(H,19,22). The zero-order chi connectivity index (χ0) is 16.9. The van der Waals surface area contributed by atoms with Crippen molar-refractivity contribution in [3.63, 3.8) is 0 Å². The molecule has 2 aromatic rings. The molecule has 1 aliphatic heterocycles. The molecule has 0 saturated carbocycles. The lowest BCUT2D eigenvalue weighted by molar-refractivity contribution is -0.125. The minimum Gasteiger partial charge on any atom is -0.385 e. The van der Waals surface area contributed by atoms with E-state index in [1.54, 1.807) is 13.2 Å². The number of rotatable bonds is 6. The van der Waals surface area contributed by atoms with Gasteiger partial charge in [0, 0.05) is 33.4 Å². The lowest BCUT2D eigenvalue weighted by Gasteiger charge is -2.31. The Balaban J connectivity index is 1.62. The SMILES string of the molecule is COCCCNC(=O)C1CCCN(c2nc3ccc(F)cc3s2)C1. The van der Waals surface area contributed by atoms with Gasteiger partial charge in [0.05, 0.1) is 16.1 Å². The second kappa shape index (κ2) is 7.90. The third-order valence-corrected chi connectivity index (χ3v) is 5.31. The minimum atomic E-state index is -0.246. The summed E-state index contributed by atoms with van der Waals surface area (Å²) in [4.78, 5) is 19.0. The summed E-state index contributed by atoms with van der Waals surface area (Å²) in [7, 11) is 1.66. The van der Waals surface area contributed by atoms with E-state index < -0.39 is 0 Å². The van der Waals surface area contributed by atoms with Crippen LogP contribution in [0.1, 0.15) is 19.3 Å². The Morgan fingerprint density at radius 3 is 3.25 bits per heavy atom. The van der Waals surface area contributed by atoms with Crippen LogP contribution in [0.15, 0.2) is 18.2 Å². The molecule has 1 aliphatic rings. The van der Waals surface area contributed by atoms with Gasteiger partial charge in [-0.05, 0) is 37.5 Å². The molecule has 0 spiro atoms. The van der Waals surface area contributed by atoms with Gasteiger partial charge in [-0.1, -0.05) is 11.3 Å². The average molecular weight is 351 g/mol. The first-order chi connectivity index (χ1) is 11.7. The van der Waals surface area contributed by atoms with Crippen molar-refractivity contribution in [1.82, 2.24) is 10.3 Å². The number of hydrogen-bond donors (Lipinski definition) is 1. The largest absolute Gasteiger partial charge is 0.385 e. The van der Waals surface area contributed by atoms with Gasteiger partial charge in [0.2, 0.25) is 5.91 Å². The number of benzene rings is 1. The van der Waals surface area contributed by atoms with E-state index in [9.17, 15) is 9.18 Å². The van der Waals surface area contributed by atoms with E-state index in [0.29, 0.717) is 19.7 Å². The Hall–Kier alpha value is -1.73. The van der Waals surface area contributed by atoms with Crippen LogP contribution in [0.2, 0.25) is 0 Å². The van der Waals surface area contributed by atoms with Gasteiger partial charge in [0.1, 0.15) is 5.82 Å². The number of anilines is 1. The first-order valence-electron chi connectivity index (χ1n) is 8.25. The number of aromatic nitrogens is 1. The third-order valence-electron chi connectivity index (χ3n) is 4.23. The summed E-state index contributed by atoms with van der Waals surface area (Å²) in [5.74, 6) is -0.169. The monoisotopic (exact) mass is 351 g/mol. The summed E-state index contributed by atoms with van der Waals surface area (Å²) in [6.45, 7) is 2.84. The summed E-state index contributed by atoms with van der Waals surface area (Å²) in [6.07, 6.45) is 2.68. The Morgan fingerprint density at radius 2 is 2.42 bits per heavy atom. The van der Waals surface area contributed by atoms with Gasteiger partial charge < -0.3 is 15.0 Å². The summed E-state index contributed by atoms with van der Waals surface area (Å²) in [6, 6.07) is 4.65. The maximum absolute atomic E-state index is 13.3. The summed E-state index contributed by atoms with van der Waals surface area (Å²) in [5, 5.41) is 3.85. The lowest BCUT2D eigenvalue weighted by Crippen LogP contribution is -2.43. The number of carbonyl (C=O) groups is 1. The molecule has 1 N–H and O–H groups in total. The molecule has 1 aromatic carbocycles. The highest BCUT2D eigenvalue weighted by Crippen LogP contribution is 2.32. The number of nitrogens with zero attached hydrogens (tertiary/aromatic N) is 2. The van der Waals surface area contributed by atoms with Gasteiger partial charge >= 0.3 is 0 Å². The molecule has 1 fully saturated rings. The highest BCUT2D eigenvalue weighted by molar-refractivity contribution is 7.22. The average Bonchev–Trinajstić information content (AvgIpc) is 3.02. The number of piperidine rings is 1. The molecule has 1 atom stereocenters. The first kappa shape index (κ1) is 17.1. The predicted molar refractivity (Wildman–Crippen MR) is 94.0 cm³/mol. The highest BCUT2D eigenvalue weighted by Gasteiger charge is 2.27. The van der Waals surface area contributed by atoms with E-state index in [1.165, 1.54) is 23.5 Å². The van der Waals surface area contributed by atoms with Crippen LogP contribution in [0.3, 0.4) is 0 Å². The quantitative estimate of drug-likeness (QED) is 0.813. The number of nitrogens with one attached hydrogen (secondary N) is 1. The predicted octanol–water partition coefficient (Wildman–Crippen LogP) is 2.80. The maximum Gasteiger partial charge on any atom is 0.224 e. The zero-order valence-corrected chi connectivity index (χ0v) is 14.6. The molecule has 24 heavy (non-hydrogen) atoms. The van der Waals surface area contributed by atoms with Crippen molar-refractivity contribution in [2.75, 3.05) is 38.3 Å². The minimum absolute atomic E-state index is 0.0231. The van der Waals surface area contributed by atoms with E-state index in [4.69, 9.17) is 4.74 Å². The van der Waals surface area contributed by atoms with Crippen molar-refractivity contribution in [3.8, 4) is 0 Å². The van der Waals surface area contributed by atoms with Crippen LogP contribution in [0.4, 0.5) is 9.52 Å². The molecule has 0 bridgehead atoms. The van der Waals surface area contributed by atoms with Gasteiger partial charge in [-0.25, -0.2) is 9.37 Å². The van der Waals surface area contributed by atoms with Gasteiger partial charge in [-0.3, -0.25) is 4.79 Å². The van der Waals surface area contributed by atoms with Crippen LogP contribution in [0.25, 0.3) is 10.2 Å². The number of carbonyl (C=O) groups excluding carboxylic acids is 1. The molecule has 1 saturated heterocycles. The topological polar surface area (TPSA) is 54.5 Å². The van der Waals surface area contributed by atoms with E-state index in [2.05, 4.69) is 15.2 Å². The fraction of sp³-hybridized carbons (Fsp3) is 0.529. The second-order valence-electron chi connectivity index (χ2n) is 6.03. The molecule has 1 amide bonds. The van der Waals surface area contributed by atoms with Crippen LogP contribution >= 0.6 is 11.3 Å². The van der Waals surface area contributed by atoms with Gasteiger partial charge in [0.15, 0.2) is 5.13 Å². The molecule has 0 aliphatic carbocycles. The van der Waals surface area contributed by atoms with Crippen molar-refractivity contribution in [3.05, 3.63) is 24.0 Å². The van der Waals surface area contributed by atoms with Crippen LogP contribution in [0.5, 0.6) is 0 Å². The van der Waals surface area contributed by atoms with Crippen molar-refractivity contribution >= 4 is 32.6 Å². The fourth-order valence-electron chi connectivity index (χ4n) is 2.96. The summed E-state index contributed by atoms with van der Waals surface area (Å²) in [5.41, 5.74) is 0.808. The van der Waals surface area contributed by atoms with E-state index in [1.807, 2.05) is 0 Å². The summed E-state index contributed by atoms with van der Waals surface area (Å²) < 4.78 is 19.2. The van der Waals surface area contributed by atoms with E-state index in [0.717, 1.165) is 41.2 Å². The van der Waals surface area contributed by atoms with E-state index in [-0.39, 0.29) is 17.6 Å². The zero-order valence-electron chi connectivity index (χ0n) is 13.8. The number of fused-ring (bicyclic) bond motifs is 1. The van der Waals surface area contributed by atoms with Crippen molar-refractivity contribution in [2.45, 2.75) is 19.3 Å². The molecular formula is C17H22FN3O2S. The number of thiazole rings is 1. The number of ether oxygens (including phenoxy) is 1. The van der Waals surface area contributed by atoms with E-state index >= 15 is 0 Å². The number of halogens is 1. The van der Waals surface area contributed by atoms with Crippen LogP contribution in [-0.2, 0) is 9.53 Å². The third kappa shape index (κ3) is 4.02. The van der Waals surface area contributed by atoms with Gasteiger partial charge in [-0.15, -0.1) is 0 Å². The molecule has 5 nitrogen and oxygen atoms in total. The smallest absolute Gasteiger partial charge is 0.224 e. The Morgan fingerprint density at radius 1 is 1.54 bits per heavy atom. The molecule has 1 aromatic heterocycles. The number of amides is 1. The Labute approximate surface area is 144 Å². The molecule has 3 rings (SSSR count). The van der Waals surface area contributed by atoms with Gasteiger partial charge in [0.25, 0.3) is 0 Å². The first-order valence-corrected chi connectivity index (χ1v) is 9.06. The summed E-state index contributed by atoms with van der Waals surface area (Å²) >= 11 is 1.48. The molecule has 0 radical (unpaired) electrons. The molecular weight excluding hydrogens is 329 g/mol. The fourth-order valence-corrected chi connectivity index (χ4v) is 3.98. The van der Waals surface area contributed by atoms with Gasteiger partial charge in [-0.2, -0.15) is 0 Å². The molecule has 2 heterocycles. The van der Waals surface area contributed by atoms with Crippen molar-refractivity contribution in [2.24, 2.45) is 5.92 Å². The molecule has 7 heteroatoms. The van der Waals surface area contributed by atoms with Crippen LogP contribution in [0, 0.1) is 11.7 Å². The maximum atomic E-state index is 13.3. The number of hydrogen-bond acceptors (Lipinski definition) is 5. The lowest BCUT2D eigenvalue weighted by atomic mass is 9.97. The van der Waals surface area contributed by atoms with Crippen molar-refractivity contribution < 1.29 is 13.9 Å². The molecule has 1 unspecified atom stereocenters. The number of methoxy groups -OCH3 is 1. The van der Waals surface area contributed by atoms with Crippen LogP contribution in [-0.4, -0.2) is 44.2 Å².